The number of ether oxygens (including phenoxy) is 5. The van der Waals surface area contributed by atoms with Crippen LogP contribution in [0.3, 0.4) is 0 Å². The molecule has 204 valence electrons. The van der Waals surface area contributed by atoms with E-state index >= 15 is 0 Å². The van der Waals surface area contributed by atoms with Gasteiger partial charge in [0, 0.05) is 18.9 Å². The summed E-state index contributed by atoms with van der Waals surface area (Å²) < 4.78 is 27.2. The number of benzene rings is 2. The van der Waals surface area contributed by atoms with Gasteiger partial charge in [0.2, 0.25) is 0 Å². The zero-order valence-electron chi connectivity index (χ0n) is 20.9. The van der Waals surface area contributed by atoms with Crippen LogP contribution >= 0.6 is 22.6 Å². The van der Waals surface area contributed by atoms with Crippen molar-refractivity contribution in [2.24, 2.45) is 5.11 Å². The lowest BCUT2D eigenvalue weighted by Gasteiger charge is -2.47. The van der Waals surface area contributed by atoms with Gasteiger partial charge < -0.3 is 28.8 Å². The molecule has 3 rings (SSSR count). The van der Waals surface area contributed by atoms with Crippen LogP contribution in [-0.2, 0) is 35.2 Å². The van der Waals surface area contributed by atoms with Gasteiger partial charge in [-0.3, -0.25) is 4.79 Å². The average Bonchev–Trinajstić information content (AvgIpc) is 2.92. The van der Waals surface area contributed by atoms with Crippen molar-refractivity contribution in [3.05, 3.63) is 67.6 Å². The van der Waals surface area contributed by atoms with Gasteiger partial charge in [-0.2, -0.15) is 0 Å². The number of hydrogen-bond donors (Lipinski definition) is 1. The van der Waals surface area contributed by atoms with Crippen LogP contribution in [0.1, 0.15) is 22.8 Å². The van der Waals surface area contributed by atoms with Crippen LogP contribution in [0.5, 0.6) is 5.75 Å². The molecule has 1 aliphatic rings. The fourth-order valence-electron chi connectivity index (χ4n) is 3.62. The topological polar surface area (TPSA) is 162 Å². The monoisotopic (exact) mass is 642 g/mol. The van der Waals surface area contributed by atoms with Gasteiger partial charge >= 0.3 is 11.9 Å². The highest BCUT2D eigenvalue weighted by Gasteiger charge is 2.52. The Bertz CT molecular complexity index is 1180. The Labute approximate surface area is 232 Å². The molecule has 1 aliphatic heterocycles. The third-order valence-corrected chi connectivity index (χ3v) is 6.56. The van der Waals surface area contributed by atoms with Crippen LogP contribution in [-0.4, -0.2) is 69.1 Å². The van der Waals surface area contributed by atoms with E-state index in [1.54, 1.807) is 0 Å². The summed E-state index contributed by atoms with van der Waals surface area (Å²) in [5.74, 6) is -2.94. The molecule has 0 aliphatic carbocycles. The van der Waals surface area contributed by atoms with E-state index < -0.39 is 36.5 Å². The van der Waals surface area contributed by atoms with E-state index in [9.17, 15) is 14.7 Å². The Morgan fingerprint density at radius 3 is 2.66 bits per heavy atom. The molecular weight excluding hydrogens is 615 g/mol. The lowest BCUT2D eigenvalue weighted by atomic mass is 10.0. The Morgan fingerprint density at radius 1 is 1.29 bits per heavy atom. The van der Waals surface area contributed by atoms with Crippen LogP contribution < -0.4 is 9.80 Å². The van der Waals surface area contributed by atoms with E-state index in [2.05, 4.69) is 10.0 Å². The zero-order valence-corrected chi connectivity index (χ0v) is 23.1. The molecule has 0 aromatic heterocycles. The summed E-state index contributed by atoms with van der Waals surface area (Å²) in [6.07, 6.45) is -1.54. The van der Waals surface area contributed by atoms with Crippen LogP contribution in [0.15, 0.2) is 47.6 Å². The summed E-state index contributed by atoms with van der Waals surface area (Å²) in [5, 5.41) is 16.0. The Kier molecular flexibility index (Phi) is 10.5. The molecular formula is C24H27IN4O9. The number of aliphatic hydroxyl groups is 1. The first-order valence-electron chi connectivity index (χ1n) is 11.3. The SMILES string of the molecule is COCO[C@]1(COC(C)=O)ON(c2cc(C(=O)OC)cc(OCc3ccccc3)c2I)C[C@H](N=[N+]=[N-])[C@H]1O. The van der Waals surface area contributed by atoms with Crippen molar-refractivity contribution in [2.75, 3.05) is 39.2 Å². The first kappa shape index (κ1) is 29.4. The summed E-state index contributed by atoms with van der Waals surface area (Å²) >= 11 is 2.03. The predicted molar refractivity (Wildman–Crippen MR) is 141 cm³/mol. The van der Waals surface area contributed by atoms with E-state index in [4.69, 9.17) is 34.1 Å². The molecule has 14 heteroatoms. The van der Waals surface area contributed by atoms with Gasteiger partial charge in [-0.05, 0) is 45.8 Å². The molecule has 1 fully saturated rings. The van der Waals surface area contributed by atoms with Gasteiger partial charge in [0.25, 0.3) is 5.79 Å². The van der Waals surface area contributed by atoms with Crippen molar-refractivity contribution in [3.8, 4) is 5.75 Å². The van der Waals surface area contributed by atoms with Gasteiger partial charge in [0.05, 0.1) is 34.5 Å². The first-order chi connectivity index (χ1) is 18.2. The van der Waals surface area contributed by atoms with Gasteiger partial charge in [0.15, 0.2) is 6.61 Å². The van der Waals surface area contributed by atoms with Gasteiger partial charge in [-0.25, -0.2) is 14.7 Å². The van der Waals surface area contributed by atoms with E-state index in [0.29, 0.717) is 15.0 Å². The molecule has 13 nitrogen and oxygen atoms in total. The molecule has 2 aromatic carbocycles. The molecule has 3 atom stereocenters. The van der Waals surface area contributed by atoms with Crippen molar-refractivity contribution in [2.45, 2.75) is 31.5 Å². The van der Waals surface area contributed by atoms with E-state index in [1.165, 1.54) is 38.3 Å². The minimum absolute atomic E-state index is 0.137. The fourth-order valence-corrected chi connectivity index (χ4v) is 4.36. The Balaban J connectivity index is 2.07. The van der Waals surface area contributed by atoms with Crippen LogP contribution in [0.25, 0.3) is 10.4 Å². The number of aliphatic hydroxyl groups excluding tert-OH is 1. The highest BCUT2D eigenvalue weighted by Crippen LogP contribution is 2.39. The molecule has 38 heavy (non-hydrogen) atoms. The normalized spacial score (nSPS) is 20.8. The third kappa shape index (κ3) is 7.03. The largest absolute Gasteiger partial charge is 0.488 e. The number of esters is 2. The number of carbonyl (C=O) groups excluding carboxylic acids is 2. The summed E-state index contributed by atoms with van der Waals surface area (Å²) in [4.78, 5) is 33.0. The minimum Gasteiger partial charge on any atom is -0.488 e. The van der Waals surface area contributed by atoms with Crippen molar-refractivity contribution < 1.29 is 43.2 Å². The van der Waals surface area contributed by atoms with E-state index in [1.807, 2.05) is 52.9 Å². The van der Waals surface area contributed by atoms with E-state index in [0.717, 1.165) is 5.56 Å². The second kappa shape index (κ2) is 13.6. The number of hydroxylamine groups is 1. The van der Waals surface area contributed by atoms with Crippen LogP contribution in [0.4, 0.5) is 5.69 Å². The molecule has 0 unspecified atom stereocenters. The van der Waals surface area contributed by atoms with Crippen molar-refractivity contribution in [1.82, 2.24) is 0 Å². The van der Waals surface area contributed by atoms with E-state index in [-0.39, 0.29) is 25.5 Å². The minimum atomic E-state index is -2.01. The fraction of sp³-hybridized carbons (Fsp3) is 0.417. The smallest absolute Gasteiger partial charge is 0.338 e. The highest BCUT2D eigenvalue weighted by atomic mass is 127. The second-order valence-corrected chi connectivity index (χ2v) is 9.16. The number of azide groups is 1. The molecule has 2 aromatic rings. The first-order valence-corrected chi connectivity index (χ1v) is 12.4. The maximum Gasteiger partial charge on any atom is 0.338 e. The third-order valence-electron chi connectivity index (χ3n) is 5.48. The molecule has 0 amide bonds. The zero-order chi connectivity index (χ0) is 27.7. The number of rotatable bonds is 11. The Morgan fingerprint density at radius 2 is 2.03 bits per heavy atom. The van der Waals surface area contributed by atoms with Gasteiger partial charge in [-0.1, -0.05) is 35.4 Å². The molecule has 0 radical (unpaired) electrons. The highest BCUT2D eigenvalue weighted by molar-refractivity contribution is 14.1. The van der Waals surface area contributed by atoms with Crippen molar-refractivity contribution in [3.63, 3.8) is 0 Å². The lowest BCUT2D eigenvalue weighted by Crippen LogP contribution is -2.65. The van der Waals surface area contributed by atoms with Gasteiger partial charge in [-0.15, -0.1) is 0 Å². The van der Waals surface area contributed by atoms with Crippen LogP contribution in [0, 0.1) is 3.57 Å². The van der Waals surface area contributed by atoms with Crippen molar-refractivity contribution >= 4 is 40.2 Å². The second-order valence-electron chi connectivity index (χ2n) is 8.09. The molecule has 1 saturated heterocycles. The summed E-state index contributed by atoms with van der Waals surface area (Å²) in [6.45, 7) is 0.365. The average molecular weight is 642 g/mol. The summed E-state index contributed by atoms with van der Waals surface area (Å²) in [5.41, 5.74) is 10.5. The predicted octanol–water partition coefficient (Wildman–Crippen LogP) is 3.33. The number of nitrogens with zero attached hydrogens (tertiary/aromatic N) is 4. The quantitative estimate of drug-likeness (QED) is 0.0962. The lowest BCUT2D eigenvalue weighted by molar-refractivity contribution is -0.340. The maximum absolute atomic E-state index is 12.5. The molecule has 0 bridgehead atoms. The number of halogens is 1. The molecule has 1 heterocycles. The summed E-state index contributed by atoms with van der Waals surface area (Å²) in [7, 11) is 2.61. The number of carbonyl (C=O) groups is 2. The molecule has 1 N–H and O–H groups in total. The molecule has 0 saturated carbocycles. The maximum atomic E-state index is 12.5. The number of anilines is 1. The molecule has 0 spiro atoms. The van der Waals surface area contributed by atoms with Crippen LogP contribution in [0.2, 0.25) is 0 Å². The Hall–Kier alpha value is -3.14. The number of methoxy groups -OCH3 is 2. The van der Waals surface area contributed by atoms with Gasteiger partial charge in [0.1, 0.15) is 25.3 Å². The summed E-state index contributed by atoms with van der Waals surface area (Å²) in [6, 6.07) is 11.4. The standard InChI is InChI=1S/C24H27IN4O9/c1-15(30)36-13-24(37-14-33-2)22(31)18(27-28-26)11-29(38-24)19-9-17(23(32)34-3)10-20(21(19)25)35-12-16-7-5-4-6-8-16/h4-10,18,22,31H,11-14H2,1-3H3/t18-,22+,24+/m0/s1. The number of hydrogen-bond acceptors (Lipinski definition) is 11. The van der Waals surface area contributed by atoms with Crippen molar-refractivity contribution in [1.29, 1.82) is 0 Å².